The summed E-state index contributed by atoms with van der Waals surface area (Å²) in [7, 11) is 0. The summed E-state index contributed by atoms with van der Waals surface area (Å²) in [5.74, 6) is -0.226. The zero-order valence-corrected chi connectivity index (χ0v) is 15.5. The number of anilines is 4. The second-order valence-corrected chi connectivity index (χ2v) is 6.34. The van der Waals surface area contributed by atoms with Crippen molar-refractivity contribution < 1.29 is 18.1 Å². The van der Waals surface area contributed by atoms with E-state index in [1.54, 1.807) is 24.3 Å². The number of nitro groups is 1. The highest BCUT2D eigenvalue weighted by atomic mass is 79.9. The van der Waals surface area contributed by atoms with Gasteiger partial charge in [0.2, 0.25) is 11.6 Å². The Hall–Kier alpha value is -3.21. The molecule has 1 aromatic heterocycles. The lowest BCUT2D eigenvalue weighted by molar-refractivity contribution is -0.383. The van der Waals surface area contributed by atoms with Gasteiger partial charge in [0.1, 0.15) is 6.33 Å². The van der Waals surface area contributed by atoms with Crippen molar-refractivity contribution in [1.29, 1.82) is 0 Å². The van der Waals surface area contributed by atoms with Crippen LogP contribution in [0.5, 0.6) is 0 Å². The molecule has 0 aliphatic rings. The largest absolute Gasteiger partial charge is 0.416 e. The van der Waals surface area contributed by atoms with Crippen molar-refractivity contribution in [3.8, 4) is 0 Å². The second-order valence-electron chi connectivity index (χ2n) is 5.48. The van der Waals surface area contributed by atoms with Gasteiger partial charge in [0.05, 0.1) is 16.2 Å². The fraction of sp³-hybridized carbons (Fsp3) is 0.0588. The Kier molecular flexibility index (Phi) is 5.45. The van der Waals surface area contributed by atoms with Crippen LogP contribution in [0.15, 0.2) is 59.3 Å². The second kappa shape index (κ2) is 7.80. The topological polar surface area (TPSA) is 93.0 Å². The molecular formula is C17H11BrF3N5O2. The van der Waals surface area contributed by atoms with Crippen LogP contribution in [-0.2, 0) is 6.18 Å². The van der Waals surface area contributed by atoms with Gasteiger partial charge in [0.15, 0.2) is 0 Å². The summed E-state index contributed by atoms with van der Waals surface area (Å²) in [6.07, 6.45) is -3.36. The summed E-state index contributed by atoms with van der Waals surface area (Å²) in [5, 5.41) is 17.1. The van der Waals surface area contributed by atoms with Gasteiger partial charge in [-0.25, -0.2) is 9.97 Å². The van der Waals surface area contributed by atoms with Gasteiger partial charge in [0.25, 0.3) is 0 Å². The van der Waals surface area contributed by atoms with Crippen LogP contribution in [0.2, 0.25) is 0 Å². The number of nitrogens with one attached hydrogen (secondary N) is 2. The third-order valence-corrected chi connectivity index (χ3v) is 4.30. The van der Waals surface area contributed by atoms with Crippen molar-refractivity contribution in [2.75, 3.05) is 10.6 Å². The van der Waals surface area contributed by atoms with Gasteiger partial charge in [-0.2, -0.15) is 13.2 Å². The number of aromatic nitrogens is 2. The number of alkyl halides is 3. The Labute approximate surface area is 164 Å². The van der Waals surface area contributed by atoms with Crippen LogP contribution in [-0.4, -0.2) is 14.9 Å². The van der Waals surface area contributed by atoms with Crippen LogP contribution >= 0.6 is 15.9 Å². The first-order valence-corrected chi connectivity index (χ1v) is 8.50. The molecule has 1 heterocycles. The molecule has 0 unspecified atom stereocenters. The number of hydrogen-bond acceptors (Lipinski definition) is 6. The minimum atomic E-state index is -4.47. The predicted molar refractivity (Wildman–Crippen MR) is 101 cm³/mol. The highest BCUT2D eigenvalue weighted by Crippen LogP contribution is 2.35. The van der Waals surface area contributed by atoms with E-state index < -0.39 is 22.4 Å². The van der Waals surface area contributed by atoms with Gasteiger partial charge in [-0.15, -0.1) is 0 Å². The molecule has 0 aliphatic carbocycles. The van der Waals surface area contributed by atoms with E-state index in [0.29, 0.717) is 10.2 Å². The first-order chi connectivity index (χ1) is 13.3. The van der Waals surface area contributed by atoms with E-state index in [4.69, 9.17) is 0 Å². The number of rotatable bonds is 5. The third kappa shape index (κ3) is 4.36. The molecule has 0 fully saturated rings. The molecule has 2 aromatic carbocycles. The van der Waals surface area contributed by atoms with E-state index in [-0.39, 0.29) is 17.3 Å². The molecule has 0 bridgehead atoms. The molecule has 3 aromatic rings. The van der Waals surface area contributed by atoms with Crippen LogP contribution in [0.25, 0.3) is 0 Å². The summed E-state index contributed by atoms with van der Waals surface area (Å²) in [6, 6.07) is 11.0. The number of hydrogen-bond donors (Lipinski definition) is 2. The Bertz CT molecular complexity index is 1010. The van der Waals surface area contributed by atoms with E-state index >= 15 is 0 Å². The highest BCUT2D eigenvalue weighted by molar-refractivity contribution is 9.10. The van der Waals surface area contributed by atoms with Crippen molar-refractivity contribution in [3.05, 3.63) is 75.0 Å². The van der Waals surface area contributed by atoms with Crippen LogP contribution in [0.4, 0.5) is 41.9 Å². The number of benzene rings is 2. The predicted octanol–water partition coefficient (Wildman–Crippen LogP) is 5.65. The monoisotopic (exact) mass is 453 g/mol. The smallest absolute Gasteiger partial charge is 0.334 e. The number of halogens is 4. The standard InChI is InChI=1S/C17H11BrF3N5O2/c18-12-3-1-2-4-13(12)25-16-14(26(27)28)15(22-9-23-16)24-11-7-5-10(6-8-11)17(19,20)21/h1-9H,(H2,22,23,24,25). The van der Waals surface area contributed by atoms with Crippen LogP contribution in [0, 0.1) is 10.1 Å². The first kappa shape index (κ1) is 19.5. The van der Waals surface area contributed by atoms with Gasteiger partial charge >= 0.3 is 11.9 Å². The van der Waals surface area contributed by atoms with Gasteiger partial charge in [-0.1, -0.05) is 12.1 Å². The molecule has 0 radical (unpaired) electrons. The van der Waals surface area contributed by atoms with Gasteiger partial charge in [0, 0.05) is 10.2 Å². The molecule has 11 heteroatoms. The Morgan fingerprint density at radius 3 is 2.14 bits per heavy atom. The van der Waals surface area contributed by atoms with Crippen LogP contribution in [0.3, 0.4) is 0 Å². The summed E-state index contributed by atoms with van der Waals surface area (Å²) in [6.45, 7) is 0. The highest BCUT2D eigenvalue weighted by Gasteiger charge is 2.30. The average molecular weight is 454 g/mol. The van der Waals surface area contributed by atoms with Crippen molar-refractivity contribution >= 4 is 44.6 Å². The fourth-order valence-corrected chi connectivity index (χ4v) is 2.69. The molecule has 0 atom stereocenters. The minimum Gasteiger partial charge on any atom is -0.334 e. The minimum absolute atomic E-state index is 0.0682. The maximum absolute atomic E-state index is 12.7. The van der Waals surface area contributed by atoms with E-state index in [1.807, 2.05) is 0 Å². The maximum Gasteiger partial charge on any atom is 0.416 e. The van der Waals surface area contributed by atoms with E-state index in [0.717, 1.165) is 30.6 Å². The lowest BCUT2D eigenvalue weighted by atomic mass is 10.2. The van der Waals surface area contributed by atoms with E-state index in [9.17, 15) is 23.3 Å². The summed E-state index contributed by atoms with van der Waals surface area (Å²) >= 11 is 3.33. The molecule has 7 nitrogen and oxygen atoms in total. The summed E-state index contributed by atoms with van der Waals surface area (Å²) < 4.78 is 38.7. The molecule has 3 rings (SSSR count). The van der Waals surface area contributed by atoms with Crippen LogP contribution in [0.1, 0.15) is 5.56 Å². The number of nitrogens with zero attached hydrogens (tertiary/aromatic N) is 3. The van der Waals surface area contributed by atoms with Crippen molar-refractivity contribution in [2.45, 2.75) is 6.18 Å². The van der Waals surface area contributed by atoms with Crippen molar-refractivity contribution in [2.24, 2.45) is 0 Å². The maximum atomic E-state index is 12.7. The molecule has 0 spiro atoms. The molecule has 28 heavy (non-hydrogen) atoms. The summed E-state index contributed by atoms with van der Waals surface area (Å²) in [5.41, 5.74) is -0.518. The number of para-hydroxylation sites is 1. The molecule has 0 amide bonds. The quantitative estimate of drug-likeness (QED) is 0.382. The van der Waals surface area contributed by atoms with Crippen LogP contribution < -0.4 is 10.6 Å². The molecule has 0 saturated carbocycles. The fourth-order valence-electron chi connectivity index (χ4n) is 2.30. The SMILES string of the molecule is O=[N+]([O-])c1c(Nc2ccc(C(F)(F)F)cc2)ncnc1Nc1ccccc1Br. The first-order valence-electron chi connectivity index (χ1n) is 7.71. The van der Waals surface area contributed by atoms with Gasteiger partial charge < -0.3 is 10.6 Å². The third-order valence-electron chi connectivity index (χ3n) is 3.61. The molecule has 144 valence electrons. The molecule has 0 aliphatic heterocycles. The lowest BCUT2D eigenvalue weighted by Crippen LogP contribution is -2.07. The molecular weight excluding hydrogens is 443 g/mol. The zero-order chi connectivity index (χ0) is 20.3. The van der Waals surface area contributed by atoms with Crippen molar-refractivity contribution in [1.82, 2.24) is 9.97 Å². The Balaban J connectivity index is 1.93. The Morgan fingerprint density at radius 1 is 0.964 bits per heavy atom. The zero-order valence-electron chi connectivity index (χ0n) is 13.9. The summed E-state index contributed by atoms with van der Waals surface area (Å²) in [4.78, 5) is 18.7. The van der Waals surface area contributed by atoms with E-state index in [2.05, 4.69) is 36.5 Å². The average Bonchev–Trinajstić information content (AvgIpc) is 2.63. The normalized spacial score (nSPS) is 11.1. The van der Waals surface area contributed by atoms with E-state index in [1.165, 1.54) is 0 Å². The lowest BCUT2D eigenvalue weighted by Gasteiger charge is -2.12. The Morgan fingerprint density at radius 2 is 1.57 bits per heavy atom. The molecule has 2 N–H and O–H groups in total. The van der Waals surface area contributed by atoms with Gasteiger partial charge in [-0.05, 0) is 52.3 Å². The van der Waals surface area contributed by atoms with Crippen molar-refractivity contribution in [3.63, 3.8) is 0 Å². The molecule has 0 saturated heterocycles. The van der Waals surface area contributed by atoms with Gasteiger partial charge in [-0.3, -0.25) is 10.1 Å².